The molecule has 0 radical (unpaired) electrons. The molecule has 4 rings (SSSR count). The van der Waals surface area contributed by atoms with E-state index in [1.807, 2.05) is 12.1 Å². The van der Waals surface area contributed by atoms with E-state index in [1.165, 1.54) is 21.8 Å². The quantitative estimate of drug-likeness (QED) is 0.726. The van der Waals surface area contributed by atoms with Crippen molar-refractivity contribution < 1.29 is 14.3 Å². The standard InChI is InChI=1S/C16H15N5O4/c1-20-15-11(6-19-20)16(23)21(8-18-15)7-14(22)17-5-10-2-3-12-13(4-10)25-9-24-12/h2-4,6,8H,5,7,9H2,1H3,(H,17,22). The first kappa shape index (κ1) is 15.2. The van der Waals surface area contributed by atoms with Crippen LogP contribution < -0.4 is 20.3 Å². The van der Waals surface area contributed by atoms with E-state index >= 15 is 0 Å². The molecule has 128 valence electrons. The van der Waals surface area contributed by atoms with Gasteiger partial charge in [0.05, 0.1) is 6.20 Å². The maximum Gasteiger partial charge on any atom is 0.264 e. The fourth-order valence-electron chi connectivity index (χ4n) is 2.64. The summed E-state index contributed by atoms with van der Waals surface area (Å²) in [6.07, 6.45) is 2.80. The van der Waals surface area contributed by atoms with E-state index < -0.39 is 0 Å². The predicted molar refractivity (Wildman–Crippen MR) is 87.2 cm³/mol. The van der Waals surface area contributed by atoms with Gasteiger partial charge in [0, 0.05) is 13.6 Å². The lowest BCUT2D eigenvalue weighted by Gasteiger charge is -2.08. The Morgan fingerprint density at radius 2 is 2.16 bits per heavy atom. The zero-order valence-electron chi connectivity index (χ0n) is 13.4. The second-order valence-corrected chi connectivity index (χ2v) is 5.65. The molecule has 9 nitrogen and oxygen atoms in total. The van der Waals surface area contributed by atoms with E-state index in [2.05, 4.69) is 15.4 Å². The molecular formula is C16H15N5O4. The zero-order chi connectivity index (χ0) is 17.4. The largest absolute Gasteiger partial charge is 0.454 e. The third-order valence-electron chi connectivity index (χ3n) is 3.96. The predicted octanol–water partition coefficient (Wildman–Crippen LogP) is 0.175. The van der Waals surface area contributed by atoms with E-state index in [0.717, 1.165) is 5.56 Å². The molecule has 0 saturated heterocycles. The van der Waals surface area contributed by atoms with Gasteiger partial charge in [-0.2, -0.15) is 5.10 Å². The lowest BCUT2D eigenvalue weighted by molar-refractivity contribution is -0.121. The van der Waals surface area contributed by atoms with Crippen molar-refractivity contribution in [2.45, 2.75) is 13.1 Å². The lowest BCUT2D eigenvalue weighted by atomic mass is 10.2. The van der Waals surface area contributed by atoms with Gasteiger partial charge >= 0.3 is 0 Å². The number of fused-ring (bicyclic) bond motifs is 2. The Morgan fingerprint density at radius 1 is 1.32 bits per heavy atom. The molecule has 1 aliphatic heterocycles. The second kappa shape index (κ2) is 5.93. The molecule has 0 aliphatic carbocycles. The zero-order valence-corrected chi connectivity index (χ0v) is 13.4. The molecule has 25 heavy (non-hydrogen) atoms. The van der Waals surface area contributed by atoms with E-state index in [1.54, 1.807) is 13.1 Å². The summed E-state index contributed by atoms with van der Waals surface area (Å²) in [5.74, 6) is 1.07. The van der Waals surface area contributed by atoms with Gasteiger partial charge in [0.25, 0.3) is 5.56 Å². The minimum Gasteiger partial charge on any atom is -0.454 e. The Kier molecular flexibility index (Phi) is 3.60. The maximum absolute atomic E-state index is 12.3. The Morgan fingerprint density at radius 3 is 3.04 bits per heavy atom. The maximum atomic E-state index is 12.3. The summed E-state index contributed by atoms with van der Waals surface area (Å²) in [5.41, 5.74) is 1.07. The highest BCUT2D eigenvalue weighted by molar-refractivity contribution is 5.77. The fraction of sp³-hybridized carbons (Fsp3) is 0.250. The van der Waals surface area contributed by atoms with Crippen molar-refractivity contribution in [3.63, 3.8) is 0 Å². The molecule has 1 amide bonds. The molecule has 3 aromatic rings. The Labute approximate surface area is 141 Å². The topological polar surface area (TPSA) is 100 Å². The number of amides is 1. The van der Waals surface area contributed by atoms with Gasteiger partial charge in [0.1, 0.15) is 18.3 Å². The summed E-state index contributed by atoms with van der Waals surface area (Å²) in [5, 5.41) is 7.16. The highest BCUT2D eigenvalue weighted by Gasteiger charge is 2.14. The first-order valence-electron chi connectivity index (χ1n) is 7.64. The van der Waals surface area contributed by atoms with E-state index in [9.17, 15) is 9.59 Å². The molecule has 1 N–H and O–H groups in total. The number of hydrogen-bond acceptors (Lipinski definition) is 6. The Bertz CT molecular complexity index is 1020. The smallest absolute Gasteiger partial charge is 0.264 e. The van der Waals surface area contributed by atoms with Crippen LogP contribution in [0, 0.1) is 0 Å². The third-order valence-corrected chi connectivity index (χ3v) is 3.96. The molecule has 0 atom stereocenters. The van der Waals surface area contributed by atoms with Crippen LogP contribution in [0.15, 0.2) is 35.5 Å². The van der Waals surface area contributed by atoms with Crippen molar-refractivity contribution in [1.29, 1.82) is 0 Å². The van der Waals surface area contributed by atoms with Gasteiger partial charge < -0.3 is 14.8 Å². The van der Waals surface area contributed by atoms with Gasteiger partial charge in [-0.15, -0.1) is 0 Å². The van der Waals surface area contributed by atoms with Crippen LogP contribution in [0.3, 0.4) is 0 Å². The van der Waals surface area contributed by atoms with Crippen molar-refractivity contribution in [1.82, 2.24) is 24.6 Å². The van der Waals surface area contributed by atoms with Crippen LogP contribution in [0.1, 0.15) is 5.56 Å². The number of hydrogen-bond donors (Lipinski definition) is 1. The molecule has 9 heteroatoms. The number of carbonyl (C=O) groups excluding carboxylic acids is 1. The third kappa shape index (κ3) is 2.80. The van der Waals surface area contributed by atoms with Crippen LogP contribution in [0.4, 0.5) is 0 Å². The normalized spacial score (nSPS) is 12.5. The molecule has 3 heterocycles. The van der Waals surface area contributed by atoms with Gasteiger partial charge in [0.2, 0.25) is 12.7 Å². The number of nitrogens with zero attached hydrogens (tertiary/aromatic N) is 4. The van der Waals surface area contributed by atoms with Crippen LogP contribution in [0.25, 0.3) is 11.0 Å². The van der Waals surface area contributed by atoms with Crippen molar-refractivity contribution >= 4 is 16.9 Å². The first-order chi connectivity index (χ1) is 12.1. The summed E-state index contributed by atoms with van der Waals surface area (Å²) < 4.78 is 13.3. The van der Waals surface area contributed by atoms with E-state index in [-0.39, 0.29) is 24.8 Å². The number of ether oxygens (including phenoxy) is 2. The average molecular weight is 341 g/mol. The number of aromatic nitrogens is 4. The van der Waals surface area contributed by atoms with Crippen LogP contribution in [-0.4, -0.2) is 32.0 Å². The molecule has 1 aliphatic rings. The molecule has 0 bridgehead atoms. The minimum atomic E-state index is -0.295. The van der Waals surface area contributed by atoms with Gasteiger partial charge in [-0.3, -0.25) is 18.8 Å². The number of carbonyl (C=O) groups is 1. The molecule has 0 saturated carbocycles. The van der Waals surface area contributed by atoms with Crippen molar-refractivity contribution in [2.75, 3.05) is 6.79 Å². The van der Waals surface area contributed by atoms with E-state index in [4.69, 9.17) is 9.47 Å². The van der Waals surface area contributed by atoms with E-state index in [0.29, 0.717) is 29.1 Å². The van der Waals surface area contributed by atoms with Crippen molar-refractivity contribution in [3.8, 4) is 11.5 Å². The number of benzene rings is 1. The summed E-state index contributed by atoms with van der Waals surface area (Å²) >= 11 is 0. The van der Waals surface area contributed by atoms with Crippen LogP contribution >= 0.6 is 0 Å². The molecule has 2 aromatic heterocycles. The minimum absolute atomic E-state index is 0.110. The fourth-order valence-corrected chi connectivity index (χ4v) is 2.64. The highest BCUT2D eigenvalue weighted by atomic mass is 16.7. The summed E-state index contributed by atoms with van der Waals surface area (Å²) in [4.78, 5) is 28.6. The van der Waals surface area contributed by atoms with Crippen LogP contribution in [-0.2, 0) is 24.9 Å². The molecule has 1 aromatic carbocycles. The SMILES string of the molecule is Cn1ncc2c(=O)n(CC(=O)NCc3ccc4c(c3)OCO4)cnc21. The molecule has 0 fully saturated rings. The highest BCUT2D eigenvalue weighted by Crippen LogP contribution is 2.32. The lowest BCUT2D eigenvalue weighted by Crippen LogP contribution is -2.32. The van der Waals surface area contributed by atoms with Crippen LogP contribution in [0.2, 0.25) is 0 Å². The van der Waals surface area contributed by atoms with Gasteiger partial charge in [-0.25, -0.2) is 4.98 Å². The Balaban J connectivity index is 1.44. The van der Waals surface area contributed by atoms with Gasteiger partial charge in [-0.05, 0) is 17.7 Å². The first-order valence-corrected chi connectivity index (χ1v) is 7.64. The van der Waals surface area contributed by atoms with Crippen molar-refractivity contribution in [3.05, 3.63) is 46.6 Å². The van der Waals surface area contributed by atoms with Crippen LogP contribution in [0.5, 0.6) is 11.5 Å². The van der Waals surface area contributed by atoms with Gasteiger partial charge in [0.15, 0.2) is 17.1 Å². The number of rotatable bonds is 4. The van der Waals surface area contributed by atoms with Gasteiger partial charge in [-0.1, -0.05) is 6.07 Å². The number of nitrogens with one attached hydrogen (secondary N) is 1. The summed E-state index contributed by atoms with van der Waals surface area (Å²) in [6.45, 7) is 0.423. The number of aryl methyl sites for hydroxylation is 1. The monoisotopic (exact) mass is 341 g/mol. The average Bonchev–Trinajstić information content (AvgIpc) is 3.22. The summed E-state index contributed by atoms with van der Waals surface area (Å²) in [6, 6.07) is 5.47. The Hall–Kier alpha value is -3.36. The van der Waals surface area contributed by atoms with Crippen molar-refractivity contribution in [2.24, 2.45) is 7.05 Å². The summed E-state index contributed by atoms with van der Waals surface area (Å²) in [7, 11) is 1.71. The molecule has 0 unspecified atom stereocenters. The molecular weight excluding hydrogens is 326 g/mol. The molecule has 0 spiro atoms. The second-order valence-electron chi connectivity index (χ2n) is 5.65.